The molecule has 0 bridgehead atoms. The van der Waals surface area contributed by atoms with Crippen molar-refractivity contribution in [1.82, 2.24) is 3.96 Å². The van der Waals surface area contributed by atoms with E-state index in [0.717, 1.165) is 21.7 Å². The predicted octanol–water partition coefficient (Wildman–Crippen LogP) is 5.38. The van der Waals surface area contributed by atoms with E-state index >= 15 is 0 Å². The summed E-state index contributed by atoms with van der Waals surface area (Å²) in [6.45, 7) is 3.87. The van der Waals surface area contributed by atoms with Gasteiger partial charge in [0.1, 0.15) is 16.1 Å². The van der Waals surface area contributed by atoms with Crippen LogP contribution in [0.2, 0.25) is 5.02 Å². The van der Waals surface area contributed by atoms with Gasteiger partial charge >= 0.3 is 0 Å². The zero-order chi connectivity index (χ0) is 20.7. The van der Waals surface area contributed by atoms with E-state index in [1.165, 1.54) is 11.5 Å². The van der Waals surface area contributed by atoms with Crippen LogP contribution in [0.15, 0.2) is 36.4 Å². The fourth-order valence-corrected chi connectivity index (χ4v) is 6.00. The Bertz CT molecular complexity index is 1310. The van der Waals surface area contributed by atoms with E-state index in [-0.39, 0.29) is 0 Å². The van der Waals surface area contributed by atoms with Crippen LogP contribution in [0, 0.1) is 4.64 Å². The van der Waals surface area contributed by atoms with Crippen molar-refractivity contribution in [2.75, 3.05) is 12.0 Å². The Balaban J connectivity index is 1.87. The van der Waals surface area contributed by atoms with Gasteiger partial charge < -0.3 is 4.74 Å². The highest BCUT2D eigenvalue weighted by Crippen LogP contribution is 2.54. The molecular weight excluding hydrogens is 428 g/mol. The number of ether oxygens (including phenoxy) is 1. The number of anilines is 1. The second-order valence-corrected chi connectivity index (χ2v) is 9.22. The van der Waals surface area contributed by atoms with Crippen molar-refractivity contribution >= 4 is 52.7 Å². The summed E-state index contributed by atoms with van der Waals surface area (Å²) < 4.78 is 8.02. The van der Waals surface area contributed by atoms with Crippen molar-refractivity contribution in [3.8, 4) is 22.6 Å². The van der Waals surface area contributed by atoms with E-state index < -0.39 is 17.2 Å². The molecular formula is C21H15ClN2O3S2. The molecule has 1 amide bonds. The van der Waals surface area contributed by atoms with Gasteiger partial charge in [0.15, 0.2) is 0 Å². The number of aromatic nitrogens is 1. The summed E-state index contributed by atoms with van der Waals surface area (Å²) >= 11 is 13.5. The first-order chi connectivity index (χ1) is 13.8. The monoisotopic (exact) mass is 442 g/mol. The van der Waals surface area contributed by atoms with E-state index in [2.05, 4.69) is 0 Å². The van der Waals surface area contributed by atoms with Crippen LogP contribution in [-0.2, 0) is 10.3 Å². The highest BCUT2D eigenvalue weighted by atomic mass is 35.5. The van der Waals surface area contributed by atoms with Gasteiger partial charge in [0.25, 0.3) is 11.7 Å². The summed E-state index contributed by atoms with van der Waals surface area (Å²) in [6.07, 6.45) is 0. The first-order valence-electron chi connectivity index (χ1n) is 8.90. The van der Waals surface area contributed by atoms with Crippen LogP contribution in [0.5, 0.6) is 5.75 Å². The normalized spacial score (nSPS) is 16.1. The Morgan fingerprint density at radius 1 is 1.14 bits per heavy atom. The minimum atomic E-state index is -0.725. The van der Waals surface area contributed by atoms with Gasteiger partial charge in [-0.1, -0.05) is 47.5 Å². The lowest BCUT2D eigenvalue weighted by Crippen LogP contribution is -2.46. The van der Waals surface area contributed by atoms with E-state index in [1.807, 2.05) is 23.9 Å². The molecule has 146 valence electrons. The molecule has 3 aromatic rings. The molecule has 0 saturated carbocycles. The maximum Gasteiger partial charge on any atom is 0.300 e. The zero-order valence-electron chi connectivity index (χ0n) is 15.8. The van der Waals surface area contributed by atoms with Crippen molar-refractivity contribution < 1.29 is 14.3 Å². The number of Topliss-reactive ketones (excluding diaryl/α,β-unsaturated/α-hetero) is 1. The fourth-order valence-electron chi connectivity index (χ4n) is 4.14. The maximum atomic E-state index is 12.8. The second-order valence-electron chi connectivity index (χ2n) is 7.44. The molecule has 0 aliphatic carbocycles. The van der Waals surface area contributed by atoms with E-state index in [4.69, 9.17) is 28.6 Å². The van der Waals surface area contributed by atoms with Gasteiger partial charge in [0.05, 0.1) is 28.8 Å². The van der Waals surface area contributed by atoms with Gasteiger partial charge in [0, 0.05) is 16.1 Å². The molecule has 0 atom stereocenters. The number of hydrogen-bond donors (Lipinski definition) is 0. The van der Waals surface area contributed by atoms with Crippen LogP contribution in [0.25, 0.3) is 16.8 Å². The third-order valence-corrected chi connectivity index (χ3v) is 7.64. The summed E-state index contributed by atoms with van der Waals surface area (Å²) in [5.41, 5.74) is 2.76. The van der Waals surface area contributed by atoms with Crippen molar-refractivity contribution in [3.05, 3.63) is 56.5 Å². The third-order valence-electron chi connectivity index (χ3n) is 5.45. The molecule has 0 saturated heterocycles. The standard InChI is InChI=1S/C21H15ClN2O3S2/c1-21(2)18-15(11-5-4-6-12-16(11)23(21)19(26)17(12)25)20(28)24(29-18)13-9-10(22)7-8-14(13)27-3/h4-9H,1-3H3. The topological polar surface area (TPSA) is 51.5 Å². The highest BCUT2D eigenvalue weighted by molar-refractivity contribution is 7.71. The molecule has 2 aliphatic heterocycles. The summed E-state index contributed by atoms with van der Waals surface area (Å²) in [7, 11) is 1.60. The number of hydrogen-bond acceptors (Lipinski definition) is 5. The van der Waals surface area contributed by atoms with Gasteiger partial charge in [-0.25, -0.2) is 0 Å². The van der Waals surface area contributed by atoms with E-state index in [9.17, 15) is 9.59 Å². The highest BCUT2D eigenvalue weighted by Gasteiger charge is 2.51. The molecule has 5 nitrogen and oxygen atoms in total. The molecule has 0 spiro atoms. The average molecular weight is 443 g/mol. The molecule has 0 radical (unpaired) electrons. The molecule has 0 N–H and O–H groups in total. The molecule has 1 aromatic heterocycles. The van der Waals surface area contributed by atoms with Crippen LogP contribution in [0.3, 0.4) is 0 Å². The van der Waals surface area contributed by atoms with Crippen molar-refractivity contribution in [2.24, 2.45) is 0 Å². The number of nitrogens with zero attached hydrogens (tertiary/aromatic N) is 2. The maximum absolute atomic E-state index is 12.8. The van der Waals surface area contributed by atoms with Crippen LogP contribution < -0.4 is 9.64 Å². The second kappa shape index (κ2) is 6.01. The Hall–Kier alpha value is -2.48. The zero-order valence-corrected chi connectivity index (χ0v) is 18.2. The van der Waals surface area contributed by atoms with Gasteiger partial charge in [-0.2, -0.15) is 0 Å². The average Bonchev–Trinajstić information content (AvgIpc) is 3.17. The molecule has 8 heteroatoms. The van der Waals surface area contributed by atoms with Gasteiger partial charge in [0.2, 0.25) is 0 Å². The molecule has 2 aromatic carbocycles. The summed E-state index contributed by atoms with van der Waals surface area (Å²) in [4.78, 5) is 27.9. The quantitative estimate of drug-likeness (QED) is 0.395. The lowest BCUT2D eigenvalue weighted by atomic mass is 9.88. The lowest BCUT2D eigenvalue weighted by Gasteiger charge is -2.39. The third kappa shape index (κ3) is 2.29. The van der Waals surface area contributed by atoms with Gasteiger partial charge in [-0.05, 0) is 38.1 Å². The molecule has 3 heterocycles. The molecule has 0 unspecified atom stereocenters. The van der Waals surface area contributed by atoms with Crippen molar-refractivity contribution in [2.45, 2.75) is 19.4 Å². The number of carbonyl (C=O) groups excluding carboxylic acids is 2. The molecule has 29 heavy (non-hydrogen) atoms. The minimum absolute atomic E-state index is 0.429. The number of ketones is 1. The predicted molar refractivity (Wildman–Crippen MR) is 116 cm³/mol. The Morgan fingerprint density at radius 2 is 1.86 bits per heavy atom. The number of amides is 1. The number of carbonyl (C=O) groups is 2. The molecule has 0 fully saturated rings. The van der Waals surface area contributed by atoms with Crippen LogP contribution in [0.4, 0.5) is 5.69 Å². The van der Waals surface area contributed by atoms with E-state index in [1.54, 1.807) is 42.3 Å². The largest absolute Gasteiger partial charge is 0.495 e. The van der Waals surface area contributed by atoms with Crippen molar-refractivity contribution in [1.29, 1.82) is 0 Å². The van der Waals surface area contributed by atoms with Crippen LogP contribution >= 0.6 is 35.4 Å². The molecule has 2 aliphatic rings. The Kier molecular flexibility index (Phi) is 3.84. The number of rotatable bonds is 2. The number of halogens is 1. The van der Waals surface area contributed by atoms with Crippen molar-refractivity contribution in [3.63, 3.8) is 0 Å². The van der Waals surface area contributed by atoms with Crippen LogP contribution in [-0.4, -0.2) is 22.8 Å². The Morgan fingerprint density at radius 3 is 2.59 bits per heavy atom. The Labute approximate surface area is 181 Å². The van der Waals surface area contributed by atoms with Gasteiger partial charge in [-0.3, -0.25) is 18.4 Å². The number of fused-ring (bicyclic) bond motifs is 2. The van der Waals surface area contributed by atoms with Gasteiger partial charge in [-0.15, -0.1) is 0 Å². The summed E-state index contributed by atoms with van der Waals surface area (Å²) in [5, 5.41) is 0.569. The summed E-state index contributed by atoms with van der Waals surface area (Å²) in [5.74, 6) is -0.333. The lowest BCUT2D eigenvalue weighted by molar-refractivity contribution is -0.115. The minimum Gasteiger partial charge on any atom is -0.495 e. The van der Waals surface area contributed by atoms with Crippen LogP contribution in [0.1, 0.15) is 29.1 Å². The smallest absolute Gasteiger partial charge is 0.300 e. The fraction of sp³-hybridized carbons (Fsp3) is 0.190. The summed E-state index contributed by atoms with van der Waals surface area (Å²) in [6, 6.07) is 10.8. The number of methoxy groups -OCH3 is 1. The first-order valence-corrected chi connectivity index (χ1v) is 10.5. The number of benzene rings is 2. The molecule has 5 rings (SSSR count). The SMILES string of the molecule is COc1ccc(Cl)cc1-n1sc2c(c1=S)-c1cccc3c1N(C(=O)C3=O)C2(C)C. The number of para-hydroxylation sites is 1. The van der Waals surface area contributed by atoms with E-state index in [0.29, 0.717) is 26.7 Å². The first kappa shape index (κ1) is 18.5.